The van der Waals surface area contributed by atoms with Gasteiger partial charge in [-0.1, -0.05) is 11.8 Å². The molecule has 0 aliphatic carbocycles. The maximum absolute atomic E-state index is 13.8. The number of halogens is 3. The number of nitrogens with zero attached hydrogens (tertiary/aromatic N) is 2. The number of fused-ring (bicyclic) bond motifs is 1. The van der Waals surface area contributed by atoms with Crippen LogP contribution in [0.3, 0.4) is 0 Å². The summed E-state index contributed by atoms with van der Waals surface area (Å²) in [5.41, 5.74) is 1.80. The molecule has 0 bridgehead atoms. The van der Waals surface area contributed by atoms with Crippen molar-refractivity contribution in [3.63, 3.8) is 0 Å². The van der Waals surface area contributed by atoms with E-state index >= 15 is 0 Å². The van der Waals surface area contributed by atoms with Crippen LogP contribution >= 0.6 is 0 Å². The van der Waals surface area contributed by atoms with E-state index < -0.39 is 17.5 Å². The summed E-state index contributed by atoms with van der Waals surface area (Å²) in [7, 11) is 3.61. The van der Waals surface area contributed by atoms with Crippen molar-refractivity contribution >= 4 is 10.9 Å². The van der Waals surface area contributed by atoms with Gasteiger partial charge in [0.25, 0.3) is 0 Å². The lowest BCUT2D eigenvalue weighted by molar-refractivity contribution is 0.0734. The van der Waals surface area contributed by atoms with Crippen LogP contribution in [0, 0.1) is 41.1 Å². The Labute approximate surface area is 215 Å². The number of benzene rings is 2. The predicted molar refractivity (Wildman–Crippen MR) is 138 cm³/mol. The Bertz CT molecular complexity index is 1290. The summed E-state index contributed by atoms with van der Waals surface area (Å²) in [4.78, 5) is 6.58. The number of nitrogens with one attached hydrogen (secondary N) is 1. The average molecular weight is 512 g/mol. The molecule has 3 aromatic rings. The topological polar surface area (TPSA) is 57.6 Å². The number of likely N-dealkylation sites (tertiary alicyclic amines) is 1. The van der Waals surface area contributed by atoms with Crippen molar-refractivity contribution in [1.29, 1.82) is 0 Å². The fraction of sp³-hybridized carbons (Fsp3) is 0.414. The van der Waals surface area contributed by atoms with Crippen molar-refractivity contribution in [2.24, 2.45) is 11.8 Å². The van der Waals surface area contributed by atoms with Crippen LogP contribution in [0.2, 0.25) is 0 Å². The van der Waals surface area contributed by atoms with Crippen LogP contribution in [0.5, 0.6) is 5.75 Å². The van der Waals surface area contributed by atoms with Gasteiger partial charge in [0, 0.05) is 36.8 Å². The first-order valence-electron chi connectivity index (χ1n) is 12.5. The fourth-order valence-corrected chi connectivity index (χ4v) is 5.19. The molecule has 2 heterocycles. The fourth-order valence-electron chi connectivity index (χ4n) is 5.19. The van der Waals surface area contributed by atoms with Gasteiger partial charge in [-0.2, -0.15) is 0 Å². The van der Waals surface area contributed by atoms with Gasteiger partial charge >= 0.3 is 0 Å². The molecule has 0 amide bonds. The zero-order chi connectivity index (χ0) is 26.4. The lowest BCUT2D eigenvalue weighted by Gasteiger charge is -2.37. The highest BCUT2D eigenvalue weighted by atomic mass is 19.2. The Hall–Kier alpha value is -3.12. The summed E-state index contributed by atoms with van der Waals surface area (Å²) in [5, 5.41) is 14.6. The highest BCUT2D eigenvalue weighted by molar-refractivity contribution is 5.84. The average Bonchev–Trinajstić information content (AvgIpc) is 2.91. The minimum atomic E-state index is -1.25. The molecule has 1 saturated heterocycles. The molecule has 2 aromatic carbocycles. The number of ether oxygens (including phenoxy) is 1. The zero-order valence-electron chi connectivity index (χ0n) is 21.1. The Balaban J connectivity index is 1.38. The molecule has 4 rings (SSSR count). The van der Waals surface area contributed by atoms with Crippen LogP contribution in [-0.4, -0.2) is 55.4 Å². The molecule has 0 spiro atoms. The second-order valence-corrected chi connectivity index (χ2v) is 9.48. The van der Waals surface area contributed by atoms with Crippen molar-refractivity contribution in [2.75, 3.05) is 40.4 Å². The highest BCUT2D eigenvalue weighted by Crippen LogP contribution is 2.33. The Morgan fingerprint density at radius 2 is 2.03 bits per heavy atom. The second-order valence-electron chi connectivity index (χ2n) is 9.48. The van der Waals surface area contributed by atoms with Gasteiger partial charge in [-0.05, 0) is 80.6 Å². The number of aliphatic hydroxyl groups excluding tert-OH is 1. The number of hydrogen-bond acceptors (Lipinski definition) is 5. The van der Waals surface area contributed by atoms with Crippen LogP contribution in [0.15, 0.2) is 42.6 Å². The lowest BCUT2D eigenvalue weighted by atomic mass is 9.81. The summed E-state index contributed by atoms with van der Waals surface area (Å²) in [6, 6.07) is 9.46. The standard InChI is InChI=1S/C29H32F3N3O2/c1-33-27(24-9-11-34-28-8-6-23(37-2)16-25(24)28)7-5-19-10-13-35(17-21(19)18-36)12-3-4-20-14-22(30)15-26(31)29(20)32/h6,8-9,11,14-16,19,21,27,33,36H,5,7,10,12-13,17-18H2,1-2H3/t19-,21-,27+/m1/s1. The Morgan fingerprint density at radius 3 is 2.78 bits per heavy atom. The molecule has 8 heteroatoms. The normalized spacial score (nSPS) is 18.9. The molecule has 1 aromatic heterocycles. The quantitative estimate of drug-likeness (QED) is 0.340. The number of piperidine rings is 1. The SMILES string of the molecule is CN[C@@H](CC[C@@H]1CCN(CC#Cc2cc(F)cc(F)c2F)C[C@@H]1CO)c1ccnc2ccc(OC)cc12. The molecular weight excluding hydrogens is 479 g/mol. The van der Waals surface area contributed by atoms with Gasteiger partial charge in [0.2, 0.25) is 0 Å². The third kappa shape index (κ3) is 6.42. The van der Waals surface area contributed by atoms with Gasteiger partial charge in [0.15, 0.2) is 11.6 Å². The van der Waals surface area contributed by atoms with E-state index in [1.165, 1.54) is 5.56 Å². The minimum Gasteiger partial charge on any atom is -0.497 e. The lowest BCUT2D eigenvalue weighted by Crippen LogP contribution is -2.42. The highest BCUT2D eigenvalue weighted by Gasteiger charge is 2.29. The number of hydrogen-bond donors (Lipinski definition) is 2. The van der Waals surface area contributed by atoms with Crippen LogP contribution < -0.4 is 10.1 Å². The largest absolute Gasteiger partial charge is 0.497 e. The minimum absolute atomic E-state index is 0.0674. The molecule has 0 saturated carbocycles. The Kier molecular flexibility index (Phi) is 9.04. The summed E-state index contributed by atoms with van der Waals surface area (Å²) in [6.07, 6.45) is 4.57. The van der Waals surface area contributed by atoms with Gasteiger partial charge in [0.05, 0.1) is 24.7 Å². The number of rotatable bonds is 8. The number of aromatic nitrogens is 1. The van der Waals surface area contributed by atoms with Gasteiger partial charge in [-0.15, -0.1) is 0 Å². The van der Waals surface area contributed by atoms with E-state index in [0.29, 0.717) is 25.1 Å². The molecular formula is C29H32F3N3O2. The predicted octanol–water partition coefficient (Wildman–Crippen LogP) is 4.68. The Morgan fingerprint density at radius 1 is 1.19 bits per heavy atom. The van der Waals surface area contributed by atoms with Gasteiger partial charge < -0.3 is 15.2 Å². The molecule has 196 valence electrons. The number of aliphatic hydroxyl groups is 1. The van der Waals surface area contributed by atoms with Crippen LogP contribution in [-0.2, 0) is 0 Å². The third-order valence-electron chi connectivity index (χ3n) is 7.26. The van der Waals surface area contributed by atoms with Crippen molar-refractivity contribution < 1.29 is 23.0 Å². The zero-order valence-corrected chi connectivity index (χ0v) is 21.1. The van der Waals surface area contributed by atoms with Crippen LogP contribution in [0.25, 0.3) is 10.9 Å². The van der Waals surface area contributed by atoms with Crippen molar-refractivity contribution in [2.45, 2.75) is 25.3 Å². The van der Waals surface area contributed by atoms with Gasteiger partial charge in [0.1, 0.15) is 11.6 Å². The molecule has 37 heavy (non-hydrogen) atoms. The molecule has 2 N–H and O–H groups in total. The smallest absolute Gasteiger partial charge is 0.174 e. The summed E-state index contributed by atoms with van der Waals surface area (Å²) < 4.78 is 46.0. The summed E-state index contributed by atoms with van der Waals surface area (Å²) in [6.45, 7) is 1.85. The first-order chi connectivity index (χ1) is 17.9. The van der Waals surface area contributed by atoms with E-state index in [0.717, 1.165) is 48.5 Å². The van der Waals surface area contributed by atoms with Crippen LogP contribution in [0.1, 0.15) is 36.4 Å². The molecule has 1 fully saturated rings. The van der Waals surface area contributed by atoms with Gasteiger partial charge in [-0.25, -0.2) is 13.2 Å². The molecule has 0 unspecified atom stereocenters. The summed E-state index contributed by atoms with van der Waals surface area (Å²) in [5.74, 6) is 3.36. The second kappa shape index (κ2) is 12.4. The van der Waals surface area contributed by atoms with E-state index in [2.05, 4.69) is 27.0 Å². The van der Waals surface area contributed by atoms with Crippen molar-refractivity contribution in [3.8, 4) is 17.6 Å². The molecule has 5 nitrogen and oxygen atoms in total. The van der Waals surface area contributed by atoms with E-state index in [-0.39, 0.29) is 24.1 Å². The first kappa shape index (κ1) is 26.9. The van der Waals surface area contributed by atoms with Crippen molar-refractivity contribution in [1.82, 2.24) is 15.2 Å². The monoisotopic (exact) mass is 511 g/mol. The molecule has 1 aliphatic rings. The van der Waals surface area contributed by atoms with E-state index in [9.17, 15) is 18.3 Å². The van der Waals surface area contributed by atoms with Gasteiger partial charge in [-0.3, -0.25) is 9.88 Å². The van der Waals surface area contributed by atoms with Crippen LogP contribution in [0.4, 0.5) is 13.2 Å². The number of methoxy groups -OCH3 is 1. The third-order valence-corrected chi connectivity index (χ3v) is 7.26. The summed E-state index contributed by atoms with van der Waals surface area (Å²) >= 11 is 0. The van der Waals surface area contributed by atoms with Crippen molar-refractivity contribution in [3.05, 3.63) is 71.2 Å². The maximum Gasteiger partial charge on any atom is 0.174 e. The molecule has 1 aliphatic heterocycles. The number of pyridine rings is 1. The molecule has 3 atom stereocenters. The maximum atomic E-state index is 13.8. The van der Waals surface area contributed by atoms with E-state index in [1.807, 2.05) is 37.5 Å². The first-order valence-corrected chi connectivity index (χ1v) is 12.5. The van der Waals surface area contributed by atoms with E-state index in [4.69, 9.17) is 4.74 Å². The van der Waals surface area contributed by atoms with E-state index in [1.54, 1.807) is 7.11 Å². The molecule has 0 radical (unpaired) electrons.